The van der Waals surface area contributed by atoms with Crippen molar-refractivity contribution in [2.45, 2.75) is 51.6 Å². The highest BCUT2D eigenvalue weighted by molar-refractivity contribution is 5.99. The van der Waals surface area contributed by atoms with E-state index in [-0.39, 0.29) is 30.5 Å². The summed E-state index contributed by atoms with van der Waals surface area (Å²) in [5, 5.41) is 9.09. The Labute approximate surface area is 250 Å². The van der Waals surface area contributed by atoms with Crippen LogP contribution in [0.4, 0.5) is 17.6 Å². The Hall–Kier alpha value is -4.65. The van der Waals surface area contributed by atoms with Crippen LogP contribution >= 0.6 is 0 Å². The highest BCUT2D eigenvalue weighted by Gasteiger charge is 2.23. The fourth-order valence-electron chi connectivity index (χ4n) is 4.33. The number of nitrogens with one attached hydrogen (secondary N) is 3. The maximum absolute atomic E-state index is 13.3. The molecule has 3 aromatic rings. The zero-order valence-electron chi connectivity index (χ0n) is 24.6. The van der Waals surface area contributed by atoms with Crippen molar-refractivity contribution in [3.8, 4) is 17.5 Å². The number of rotatable bonds is 7. The molecule has 0 radical (unpaired) electrons. The molecule has 0 unspecified atom stereocenters. The molecule has 0 saturated heterocycles. The lowest BCUT2D eigenvalue weighted by molar-refractivity contribution is -0.143. The molecule has 5 rings (SSSR count). The molecule has 2 aliphatic heterocycles. The lowest BCUT2D eigenvalue weighted by Crippen LogP contribution is -2.42. The van der Waals surface area contributed by atoms with Crippen LogP contribution in [0.25, 0.3) is 0 Å². The average molecular weight is 594 g/mol. The van der Waals surface area contributed by atoms with E-state index in [0.29, 0.717) is 43.8 Å². The molecule has 43 heavy (non-hydrogen) atoms. The average Bonchev–Trinajstić information content (AvgIpc) is 3.01. The van der Waals surface area contributed by atoms with Crippen molar-refractivity contribution >= 4 is 29.5 Å². The van der Waals surface area contributed by atoms with Crippen LogP contribution in [0, 0.1) is 0 Å². The van der Waals surface area contributed by atoms with Crippen LogP contribution in [0.15, 0.2) is 42.5 Å². The number of esters is 1. The third-order valence-electron chi connectivity index (χ3n) is 6.56. The van der Waals surface area contributed by atoms with Crippen LogP contribution in [-0.4, -0.2) is 66.3 Å². The molecule has 1 atom stereocenters. The lowest BCUT2D eigenvalue weighted by atomic mass is 10.1. The number of hydrogen-bond donors (Lipinski definition) is 4. The fourth-order valence-corrected chi connectivity index (χ4v) is 4.33. The fraction of sp³-hybridized carbons (Fsp3) is 0.433. The van der Waals surface area contributed by atoms with Crippen molar-refractivity contribution in [1.82, 2.24) is 20.3 Å². The molecule has 1 aromatic heterocycles. The second-order valence-corrected chi connectivity index (χ2v) is 9.77. The molecule has 5 N–H and O–H groups in total. The van der Waals surface area contributed by atoms with Gasteiger partial charge in [0.05, 0.1) is 32.5 Å². The van der Waals surface area contributed by atoms with Gasteiger partial charge in [-0.1, -0.05) is 12.1 Å². The molecule has 0 fully saturated rings. The van der Waals surface area contributed by atoms with E-state index < -0.39 is 17.9 Å². The van der Waals surface area contributed by atoms with Crippen molar-refractivity contribution in [3.63, 3.8) is 0 Å². The maximum atomic E-state index is 13.3. The van der Waals surface area contributed by atoms with E-state index in [4.69, 9.17) is 24.7 Å². The molecule has 13 heteroatoms. The Kier molecular flexibility index (Phi) is 11.7. The van der Waals surface area contributed by atoms with Crippen LogP contribution in [0.5, 0.6) is 17.5 Å². The molecule has 2 aromatic carbocycles. The van der Waals surface area contributed by atoms with Crippen LogP contribution in [0.1, 0.15) is 54.9 Å². The van der Waals surface area contributed by atoms with E-state index in [2.05, 4.69) is 30.9 Å². The number of anilines is 3. The SMILES string of the molecule is CCOc1nc2nc(n1)Nc1ccc(C(=O)N[C@@H](CCN)C(=O)OC)c(c1)OCCCCCCOc1ccc(cc1)CN2. The van der Waals surface area contributed by atoms with Gasteiger partial charge in [0.25, 0.3) is 5.91 Å². The smallest absolute Gasteiger partial charge is 0.328 e. The van der Waals surface area contributed by atoms with Gasteiger partial charge in [-0.15, -0.1) is 0 Å². The van der Waals surface area contributed by atoms with Gasteiger partial charge < -0.3 is 40.6 Å². The van der Waals surface area contributed by atoms with Crippen LogP contribution in [-0.2, 0) is 16.1 Å². The Balaban J connectivity index is 1.61. The second-order valence-electron chi connectivity index (χ2n) is 9.77. The molecular formula is C30H39N7O6. The van der Waals surface area contributed by atoms with Crippen molar-refractivity contribution in [3.05, 3.63) is 53.6 Å². The number of carbonyl (C=O) groups is 2. The predicted molar refractivity (Wildman–Crippen MR) is 161 cm³/mol. The van der Waals surface area contributed by atoms with Gasteiger partial charge in [0.1, 0.15) is 17.5 Å². The summed E-state index contributed by atoms with van der Waals surface area (Å²) < 4.78 is 22.4. The molecular weight excluding hydrogens is 554 g/mol. The Morgan fingerprint density at radius 3 is 2.47 bits per heavy atom. The number of carbonyl (C=O) groups excluding carboxylic acids is 2. The maximum Gasteiger partial charge on any atom is 0.328 e. The molecule has 0 spiro atoms. The number of aromatic nitrogens is 3. The van der Waals surface area contributed by atoms with Gasteiger partial charge >= 0.3 is 12.0 Å². The number of nitrogens with zero attached hydrogens (tertiary/aromatic N) is 3. The number of benzene rings is 2. The van der Waals surface area contributed by atoms with E-state index in [1.165, 1.54) is 7.11 Å². The van der Waals surface area contributed by atoms with Crippen molar-refractivity contribution in [2.24, 2.45) is 5.73 Å². The van der Waals surface area contributed by atoms with Gasteiger partial charge in [-0.3, -0.25) is 4.79 Å². The van der Waals surface area contributed by atoms with Gasteiger partial charge in [0, 0.05) is 18.3 Å². The molecule has 13 nitrogen and oxygen atoms in total. The first-order valence-electron chi connectivity index (χ1n) is 14.5. The minimum absolute atomic E-state index is 0.158. The first-order chi connectivity index (χ1) is 21.0. The molecule has 6 bridgehead atoms. The minimum atomic E-state index is -0.878. The van der Waals surface area contributed by atoms with E-state index >= 15 is 0 Å². The second kappa shape index (κ2) is 16.1. The van der Waals surface area contributed by atoms with Gasteiger partial charge in [0.2, 0.25) is 11.9 Å². The summed E-state index contributed by atoms with van der Waals surface area (Å²) in [4.78, 5) is 38.7. The molecule has 230 valence electrons. The Bertz CT molecular complexity index is 1360. The van der Waals surface area contributed by atoms with Gasteiger partial charge in [-0.05, 0) is 75.4 Å². The van der Waals surface area contributed by atoms with Crippen molar-refractivity contribution in [2.75, 3.05) is 44.1 Å². The summed E-state index contributed by atoms with van der Waals surface area (Å²) >= 11 is 0. The number of amides is 1. The van der Waals surface area contributed by atoms with Crippen LogP contribution in [0.3, 0.4) is 0 Å². The summed E-state index contributed by atoms with van der Waals surface area (Å²) in [5.41, 5.74) is 7.52. The number of fused-ring (bicyclic) bond motifs is 10. The van der Waals surface area contributed by atoms with Crippen LogP contribution in [0.2, 0.25) is 0 Å². The summed E-state index contributed by atoms with van der Waals surface area (Å²) in [6, 6.07) is 12.2. The van der Waals surface area contributed by atoms with Crippen LogP contribution < -0.4 is 35.9 Å². The van der Waals surface area contributed by atoms with E-state index in [0.717, 1.165) is 37.0 Å². The Morgan fingerprint density at radius 1 is 1.00 bits per heavy atom. The summed E-state index contributed by atoms with van der Waals surface area (Å²) in [6.07, 6.45) is 3.84. The summed E-state index contributed by atoms with van der Waals surface area (Å²) in [7, 11) is 1.27. The third kappa shape index (κ3) is 9.43. The number of methoxy groups -OCH3 is 1. The highest BCUT2D eigenvalue weighted by Crippen LogP contribution is 2.27. The summed E-state index contributed by atoms with van der Waals surface area (Å²) in [6.45, 7) is 3.92. The Morgan fingerprint density at radius 2 is 1.74 bits per heavy atom. The van der Waals surface area contributed by atoms with Crippen molar-refractivity contribution in [1.29, 1.82) is 0 Å². The molecule has 1 amide bonds. The lowest BCUT2D eigenvalue weighted by Gasteiger charge is -2.18. The van der Waals surface area contributed by atoms with E-state index in [1.807, 2.05) is 31.2 Å². The first-order valence-corrected chi connectivity index (χ1v) is 14.5. The quantitative estimate of drug-likeness (QED) is 0.294. The molecule has 3 heterocycles. The third-order valence-corrected chi connectivity index (χ3v) is 6.56. The monoisotopic (exact) mass is 593 g/mol. The van der Waals surface area contributed by atoms with Gasteiger partial charge in [-0.2, -0.15) is 15.0 Å². The zero-order chi connectivity index (χ0) is 30.4. The standard InChI is InChI=1S/C30H39N7O6/c1-3-41-30-36-28-32-19-20-8-11-22(12-9-20)42-16-6-4-5-7-17-43-25-18-21(33-29(35-28)37-30)10-13-23(25)26(38)34-24(14-15-31)27(39)40-2/h8-13,18,24H,3-7,14-17,19,31H2,1-2H3,(H,34,38)(H2,32,33,35,36,37)/t24-/m0/s1. The molecule has 0 saturated carbocycles. The molecule has 2 aliphatic rings. The van der Waals surface area contributed by atoms with Gasteiger partial charge in [0.15, 0.2) is 0 Å². The topological polar surface area (TPSA) is 172 Å². The highest BCUT2D eigenvalue weighted by atomic mass is 16.5. The number of nitrogens with two attached hydrogens (primary N) is 1. The minimum Gasteiger partial charge on any atom is -0.494 e. The van der Waals surface area contributed by atoms with Crippen molar-refractivity contribution < 1.29 is 28.5 Å². The summed E-state index contributed by atoms with van der Waals surface area (Å²) in [5.74, 6) is 0.673. The van der Waals surface area contributed by atoms with E-state index in [1.54, 1.807) is 18.2 Å². The van der Waals surface area contributed by atoms with Gasteiger partial charge in [-0.25, -0.2) is 4.79 Å². The molecule has 0 aliphatic carbocycles. The van der Waals surface area contributed by atoms with E-state index in [9.17, 15) is 9.59 Å². The normalized spacial score (nSPS) is 14.4. The predicted octanol–water partition coefficient (Wildman–Crippen LogP) is 3.58. The zero-order valence-corrected chi connectivity index (χ0v) is 24.6. The number of ether oxygens (including phenoxy) is 4. The largest absolute Gasteiger partial charge is 0.494 e. The number of hydrogen-bond acceptors (Lipinski definition) is 12. The first kappa shape index (κ1) is 31.3.